The first-order chi connectivity index (χ1) is 12.6. The Morgan fingerprint density at radius 1 is 1.15 bits per heavy atom. The molecule has 0 amide bonds. The summed E-state index contributed by atoms with van der Waals surface area (Å²) in [6.45, 7) is 9.78. The van der Waals surface area contributed by atoms with Gasteiger partial charge >= 0.3 is 0 Å². The van der Waals surface area contributed by atoms with E-state index in [0.29, 0.717) is 0 Å². The number of piperidine rings is 1. The summed E-state index contributed by atoms with van der Waals surface area (Å²) in [5.41, 5.74) is 3.82. The molecule has 6 heteroatoms. The summed E-state index contributed by atoms with van der Waals surface area (Å²) in [5.74, 6) is 0. The Bertz CT molecular complexity index is 657. The maximum atomic E-state index is 4.49. The van der Waals surface area contributed by atoms with Crippen LogP contribution in [0.4, 0.5) is 0 Å². The van der Waals surface area contributed by atoms with Crippen LogP contribution in [0.5, 0.6) is 0 Å². The minimum Gasteiger partial charge on any atom is -0.348 e. The molecule has 2 aromatic heterocycles. The Hall–Kier alpha value is -1.21. The molecule has 0 spiro atoms. The van der Waals surface area contributed by atoms with Gasteiger partial charge in [-0.05, 0) is 64.0 Å². The number of likely N-dealkylation sites (N-methyl/N-ethyl adjacent to an activating group) is 1. The van der Waals surface area contributed by atoms with Gasteiger partial charge in [0.05, 0.1) is 12.0 Å². The van der Waals surface area contributed by atoms with Crippen LogP contribution in [0.3, 0.4) is 0 Å². The number of imidazole rings is 1. The van der Waals surface area contributed by atoms with Crippen molar-refractivity contribution in [2.45, 2.75) is 45.8 Å². The van der Waals surface area contributed by atoms with Crippen LogP contribution in [0, 0.1) is 6.92 Å². The smallest absolute Gasteiger partial charge is 0.0925 e. The fourth-order valence-corrected chi connectivity index (χ4v) is 4.42. The van der Waals surface area contributed by atoms with Crippen molar-refractivity contribution in [1.82, 2.24) is 24.7 Å². The molecule has 1 N–H and O–H groups in total. The third kappa shape index (κ3) is 5.91. The Morgan fingerprint density at radius 3 is 2.65 bits per heavy atom. The van der Waals surface area contributed by atoms with E-state index in [1.54, 1.807) is 6.33 Å². The van der Waals surface area contributed by atoms with Gasteiger partial charge in [-0.3, -0.25) is 9.80 Å². The van der Waals surface area contributed by atoms with Crippen molar-refractivity contribution in [2.24, 2.45) is 0 Å². The number of thiophene rings is 1. The molecule has 26 heavy (non-hydrogen) atoms. The number of aromatic nitrogens is 2. The standard InChI is InChI=1S/C20H33N5S/c1-17-20(22-16-21-17)14-25(10-9-23(2)3)13-19-11-18(15-26-19)12-24-7-5-4-6-8-24/h11,15-16H,4-10,12-14H2,1-3H3,(H,21,22). The third-order valence-electron chi connectivity index (χ3n) is 5.11. The number of aromatic amines is 1. The fourth-order valence-electron chi connectivity index (χ4n) is 3.50. The lowest BCUT2D eigenvalue weighted by molar-refractivity contribution is 0.220. The van der Waals surface area contributed by atoms with Gasteiger partial charge in [-0.25, -0.2) is 4.98 Å². The number of H-pyrrole nitrogens is 1. The lowest BCUT2D eigenvalue weighted by Gasteiger charge is -2.26. The van der Waals surface area contributed by atoms with Gasteiger partial charge in [0.2, 0.25) is 0 Å². The normalized spacial score (nSPS) is 16.0. The van der Waals surface area contributed by atoms with E-state index in [0.717, 1.165) is 38.4 Å². The fraction of sp³-hybridized carbons (Fsp3) is 0.650. The lowest BCUT2D eigenvalue weighted by Crippen LogP contribution is -2.31. The van der Waals surface area contributed by atoms with Crippen molar-refractivity contribution >= 4 is 11.3 Å². The Labute approximate surface area is 162 Å². The van der Waals surface area contributed by atoms with Crippen molar-refractivity contribution < 1.29 is 0 Å². The van der Waals surface area contributed by atoms with E-state index in [9.17, 15) is 0 Å². The van der Waals surface area contributed by atoms with Gasteiger partial charge in [0.25, 0.3) is 0 Å². The number of rotatable bonds is 9. The molecule has 2 aromatic rings. The summed E-state index contributed by atoms with van der Waals surface area (Å²) in [5, 5.41) is 2.36. The molecule has 1 fully saturated rings. The van der Waals surface area contributed by atoms with E-state index in [2.05, 4.69) is 57.1 Å². The van der Waals surface area contributed by atoms with Crippen LogP contribution in [-0.4, -0.2) is 64.9 Å². The second-order valence-corrected chi connectivity index (χ2v) is 8.74. The third-order valence-corrected chi connectivity index (χ3v) is 6.08. The van der Waals surface area contributed by atoms with Crippen molar-refractivity contribution in [3.63, 3.8) is 0 Å². The number of hydrogen-bond acceptors (Lipinski definition) is 5. The second-order valence-electron chi connectivity index (χ2n) is 7.75. The highest BCUT2D eigenvalue weighted by Crippen LogP contribution is 2.21. The van der Waals surface area contributed by atoms with Gasteiger partial charge in [0, 0.05) is 43.3 Å². The molecule has 3 heterocycles. The number of likely N-dealkylation sites (tertiary alicyclic amines) is 1. The van der Waals surface area contributed by atoms with Gasteiger partial charge in [-0.2, -0.15) is 0 Å². The number of aryl methyl sites for hydroxylation is 1. The number of nitrogens with zero attached hydrogens (tertiary/aromatic N) is 4. The van der Waals surface area contributed by atoms with Crippen LogP contribution in [0.2, 0.25) is 0 Å². The molecule has 1 saturated heterocycles. The molecule has 0 radical (unpaired) electrons. The van der Waals surface area contributed by atoms with Crippen LogP contribution in [0.25, 0.3) is 0 Å². The minimum absolute atomic E-state index is 0.905. The Kier molecular flexibility index (Phi) is 7.25. The summed E-state index contributed by atoms with van der Waals surface area (Å²) in [4.78, 5) is 16.5. The van der Waals surface area contributed by atoms with E-state index in [1.807, 2.05) is 11.3 Å². The number of nitrogens with one attached hydrogen (secondary N) is 1. The van der Waals surface area contributed by atoms with E-state index >= 15 is 0 Å². The summed E-state index contributed by atoms with van der Waals surface area (Å²) in [7, 11) is 4.28. The first-order valence-corrected chi connectivity index (χ1v) is 10.6. The van der Waals surface area contributed by atoms with Crippen molar-refractivity contribution in [3.05, 3.63) is 39.6 Å². The van der Waals surface area contributed by atoms with Crippen molar-refractivity contribution in [1.29, 1.82) is 0 Å². The Morgan fingerprint density at radius 2 is 1.96 bits per heavy atom. The quantitative estimate of drug-likeness (QED) is 0.730. The molecule has 0 saturated carbocycles. The molecule has 0 aliphatic carbocycles. The molecule has 144 valence electrons. The summed E-state index contributed by atoms with van der Waals surface area (Å²) in [6, 6.07) is 2.42. The first-order valence-electron chi connectivity index (χ1n) is 9.75. The van der Waals surface area contributed by atoms with Crippen molar-refractivity contribution in [3.8, 4) is 0 Å². The van der Waals surface area contributed by atoms with Gasteiger partial charge in [0.15, 0.2) is 0 Å². The maximum absolute atomic E-state index is 4.49. The van der Waals surface area contributed by atoms with E-state index < -0.39 is 0 Å². The Balaban J connectivity index is 1.59. The summed E-state index contributed by atoms with van der Waals surface area (Å²) >= 11 is 1.91. The van der Waals surface area contributed by atoms with Crippen LogP contribution in [-0.2, 0) is 19.6 Å². The molecule has 0 atom stereocenters. The highest BCUT2D eigenvalue weighted by Gasteiger charge is 2.14. The van der Waals surface area contributed by atoms with Crippen molar-refractivity contribution in [2.75, 3.05) is 40.3 Å². The van der Waals surface area contributed by atoms with Gasteiger partial charge in [-0.1, -0.05) is 6.42 Å². The highest BCUT2D eigenvalue weighted by molar-refractivity contribution is 7.10. The molecule has 0 unspecified atom stereocenters. The maximum Gasteiger partial charge on any atom is 0.0925 e. The van der Waals surface area contributed by atoms with Crippen LogP contribution in [0.1, 0.15) is 41.1 Å². The van der Waals surface area contributed by atoms with E-state index in [-0.39, 0.29) is 0 Å². The second kappa shape index (κ2) is 9.65. The lowest BCUT2D eigenvalue weighted by atomic mass is 10.1. The zero-order chi connectivity index (χ0) is 18.4. The van der Waals surface area contributed by atoms with Crippen LogP contribution >= 0.6 is 11.3 Å². The highest BCUT2D eigenvalue weighted by atomic mass is 32.1. The predicted octanol–water partition coefficient (Wildman–Crippen LogP) is 3.33. The SMILES string of the molecule is Cc1[nH]cnc1CN(CCN(C)C)Cc1cc(CN2CCCCC2)cs1. The van der Waals surface area contributed by atoms with Gasteiger partial charge < -0.3 is 9.88 Å². The minimum atomic E-state index is 0.905. The molecule has 3 rings (SSSR count). The molecular weight excluding hydrogens is 342 g/mol. The van der Waals surface area contributed by atoms with Crippen LogP contribution in [0.15, 0.2) is 17.8 Å². The largest absolute Gasteiger partial charge is 0.348 e. The van der Waals surface area contributed by atoms with E-state index in [1.165, 1.54) is 48.5 Å². The average molecular weight is 376 g/mol. The molecule has 0 bridgehead atoms. The topological polar surface area (TPSA) is 38.4 Å². The molecule has 1 aliphatic rings. The molecular formula is C20H33N5S. The number of hydrogen-bond donors (Lipinski definition) is 1. The van der Waals surface area contributed by atoms with Gasteiger partial charge in [0.1, 0.15) is 0 Å². The van der Waals surface area contributed by atoms with E-state index in [4.69, 9.17) is 0 Å². The van der Waals surface area contributed by atoms with Gasteiger partial charge in [-0.15, -0.1) is 11.3 Å². The summed E-state index contributed by atoms with van der Waals surface area (Å²) in [6.07, 6.45) is 5.92. The molecule has 1 aliphatic heterocycles. The average Bonchev–Trinajstić information content (AvgIpc) is 3.23. The molecule has 0 aromatic carbocycles. The predicted molar refractivity (Wildman–Crippen MR) is 109 cm³/mol. The zero-order valence-corrected chi connectivity index (χ0v) is 17.3. The monoisotopic (exact) mass is 375 g/mol. The summed E-state index contributed by atoms with van der Waals surface area (Å²) < 4.78 is 0. The zero-order valence-electron chi connectivity index (χ0n) is 16.5. The first kappa shape index (κ1) is 19.5. The van der Waals surface area contributed by atoms with Crippen LogP contribution < -0.4 is 0 Å². The molecule has 5 nitrogen and oxygen atoms in total.